The lowest BCUT2D eigenvalue weighted by molar-refractivity contribution is 0.684. The zero-order valence-electron chi connectivity index (χ0n) is 11.1. The summed E-state index contributed by atoms with van der Waals surface area (Å²) in [6.45, 7) is 5.95. The van der Waals surface area contributed by atoms with Crippen LogP contribution in [0.15, 0.2) is 24.3 Å². The fourth-order valence-electron chi connectivity index (χ4n) is 1.72. The molecule has 16 heavy (non-hydrogen) atoms. The monoisotopic (exact) mass is 221 g/mol. The van der Waals surface area contributed by atoms with Crippen LogP contribution in [-0.2, 0) is 0 Å². The minimum absolute atomic E-state index is 1.09. The SMILES string of the molecule is [CH2]CCCCCC=CCCCCCC=CC. The standard InChI is InChI=1S/C16H29/c1-3-5-7-9-11-13-15-16-14-12-10-8-6-4-2/h4,6,13,15H,1,3,5,7-12,14,16H2,2H3. The van der Waals surface area contributed by atoms with Crippen molar-refractivity contribution in [1.82, 2.24) is 0 Å². The van der Waals surface area contributed by atoms with Crippen molar-refractivity contribution in [3.8, 4) is 0 Å². The molecule has 0 saturated carbocycles. The molecule has 0 aromatic rings. The predicted octanol–water partition coefficient (Wildman–Crippen LogP) is 5.85. The van der Waals surface area contributed by atoms with Gasteiger partial charge in [-0.05, 0) is 45.4 Å². The van der Waals surface area contributed by atoms with Gasteiger partial charge in [-0.3, -0.25) is 0 Å². The second-order valence-electron chi connectivity index (χ2n) is 4.38. The Kier molecular flexibility index (Phi) is 14.0. The van der Waals surface area contributed by atoms with Gasteiger partial charge in [0.1, 0.15) is 0 Å². The summed E-state index contributed by atoms with van der Waals surface area (Å²) in [4.78, 5) is 0. The quantitative estimate of drug-likeness (QED) is 0.303. The molecular weight excluding hydrogens is 192 g/mol. The van der Waals surface area contributed by atoms with E-state index in [0.717, 1.165) is 6.42 Å². The van der Waals surface area contributed by atoms with Gasteiger partial charge >= 0.3 is 0 Å². The predicted molar refractivity (Wildman–Crippen MR) is 75.5 cm³/mol. The average Bonchev–Trinajstić information content (AvgIpc) is 2.31. The highest BCUT2D eigenvalue weighted by molar-refractivity contribution is 4.81. The number of allylic oxidation sites excluding steroid dienone is 4. The Labute approximate surface area is 103 Å². The van der Waals surface area contributed by atoms with Gasteiger partial charge in [0.2, 0.25) is 0 Å². The zero-order valence-corrected chi connectivity index (χ0v) is 11.1. The summed E-state index contributed by atoms with van der Waals surface area (Å²) < 4.78 is 0. The first-order chi connectivity index (χ1) is 7.91. The van der Waals surface area contributed by atoms with Gasteiger partial charge in [0, 0.05) is 0 Å². The van der Waals surface area contributed by atoms with Gasteiger partial charge in [0.25, 0.3) is 0 Å². The molecule has 0 nitrogen and oxygen atoms in total. The Bertz CT molecular complexity index is 165. The number of unbranched alkanes of at least 4 members (excludes halogenated alkanes) is 8. The Balaban J connectivity index is 3.03. The van der Waals surface area contributed by atoms with E-state index in [1.807, 2.05) is 0 Å². The van der Waals surface area contributed by atoms with E-state index >= 15 is 0 Å². The third kappa shape index (κ3) is 13.5. The van der Waals surface area contributed by atoms with E-state index in [9.17, 15) is 0 Å². The highest BCUT2D eigenvalue weighted by atomic mass is 13.9. The minimum atomic E-state index is 1.09. The molecule has 0 aliphatic heterocycles. The van der Waals surface area contributed by atoms with Crippen LogP contribution in [-0.4, -0.2) is 0 Å². The van der Waals surface area contributed by atoms with Crippen molar-refractivity contribution in [1.29, 1.82) is 0 Å². The van der Waals surface area contributed by atoms with Crippen LogP contribution >= 0.6 is 0 Å². The van der Waals surface area contributed by atoms with Crippen molar-refractivity contribution >= 4 is 0 Å². The molecule has 0 saturated heterocycles. The molecule has 93 valence electrons. The normalized spacial score (nSPS) is 11.9. The van der Waals surface area contributed by atoms with Crippen LogP contribution in [0.4, 0.5) is 0 Å². The zero-order chi connectivity index (χ0) is 11.9. The largest absolute Gasteiger partial charge is 0.0917 e. The maximum Gasteiger partial charge on any atom is -0.0351 e. The molecule has 0 unspecified atom stereocenters. The van der Waals surface area contributed by atoms with Crippen LogP contribution in [0.2, 0.25) is 0 Å². The van der Waals surface area contributed by atoms with Gasteiger partial charge in [-0.25, -0.2) is 0 Å². The van der Waals surface area contributed by atoms with Crippen LogP contribution in [0.1, 0.15) is 71.1 Å². The fraction of sp³-hybridized carbons (Fsp3) is 0.688. The molecular formula is C16H29. The molecule has 0 aliphatic rings. The van der Waals surface area contributed by atoms with E-state index in [-0.39, 0.29) is 0 Å². The summed E-state index contributed by atoms with van der Waals surface area (Å²) in [5.74, 6) is 0. The maximum absolute atomic E-state index is 3.85. The lowest BCUT2D eigenvalue weighted by Crippen LogP contribution is -1.76. The number of hydrogen-bond donors (Lipinski definition) is 0. The molecule has 0 fully saturated rings. The van der Waals surface area contributed by atoms with E-state index in [1.165, 1.54) is 57.8 Å². The first kappa shape index (κ1) is 15.5. The molecule has 0 aromatic heterocycles. The third-order valence-corrected chi connectivity index (χ3v) is 2.76. The molecule has 0 N–H and O–H groups in total. The molecule has 0 bridgehead atoms. The summed E-state index contributed by atoms with van der Waals surface area (Å²) in [5.41, 5.74) is 0. The fourth-order valence-corrected chi connectivity index (χ4v) is 1.72. The van der Waals surface area contributed by atoms with E-state index in [2.05, 4.69) is 38.2 Å². The van der Waals surface area contributed by atoms with Crippen molar-refractivity contribution in [2.24, 2.45) is 0 Å². The molecule has 0 rings (SSSR count). The topological polar surface area (TPSA) is 0 Å². The molecule has 0 aliphatic carbocycles. The highest BCUT2D eigenvalue weighted by Crippen LogP contribution is 2.06. The molecule has 0 heteroatoms. The Morgan fingerprint density at radius 3 is 1.69 bits per heavy atom. The van der Waals surface area contributed by atoms with Crippen LogP contribution in [0.3, 0.4) is 0 Å². The van der Waals surface area contributed by atoms with Crippen LogP contribution in [0.5, 0.6) is 0 Å². The highest BCUT2D eigenvalue weighted by Gasteiger charge is 1.86. The van der Waals surface area contributed by atoms with Crippen LogP contribution in [0, 0.1) is 6.92 Å². The van der Waals surface area contributed by atoms with Crippen LogP contribution < -0.4 is 0 Å². The number of rotatable bonds is 11. The van der Waals surface area contributed by atoms with Gasteiger partial charge in [-0.1, -0.05) is 56.9 Å². The maximum atomic E-state index is 3.85. The first-order valence-corrected chi connectivity index (χ1v) is 6.97. The Morgan fingerprint density at radius 2 is 1.19 bits per heavy atom. The minimum Gasteiger partial charge on any atom is -0.0917 e. The van der Waals surface area contributed by atoms with Gasteiger partial charge in [0.15, 0.2) is 0 Å². The Hall–Kier alpha value is -0.520. The third-order valence-electron chi connectivity index (χ3n) is 2.76. The van der Waals surface area contributed by atoms with E-state index < -0.39 is 0 Å². The number of hydrogen-bond acceptors (Lipinski definition) is 0. The van der Waals surface area contributed by atoms with Crippen molar-refractivity contribution in [3.63, 3.8) is 0 Å². The molecule has 0 atom stereocenters. The van der Waals surface area contributed by atoms with Crippen molar-refractivity contribution in [3.05, 3.63) is 31.2 Å². The summed E-state index contributed by atoms with van der Waals surface area (Å²) in [7, 11) is 0. The van der Waals surface area contributed by atoms with E-state index in [1.54, 1.807) is 0 Å². The summed E-state index contributed by atoms with van der Waals surface area (Å²) in [6.07, 6.45) is 22.1. The molecule has 0 heterocycles. The van der Waals surface area contributed by atoms with Gasteiger partial charge in [-0.2, -0.15) is 0 Å². The van der Waals surface area contributed by atoms with E-state index in [4.69, 9.17) is 0 Å². The summed E-state index contributed by atoms with van der Waals surface area (Å²) >= 11 is 0. The van der Waals surface area contributed by atoms with Gasteiger partial charge < -0.3 is 0 Å². The van der Waals surface area contributed by atoms with Crippen molar-refractivity contribution in [2.75, 3.05) is 0 Å². The average molecular weight is 221 g/mol. The lowest BCUT2D eigenvalue weighted by Gasteiger charge is -1.96. The molecule has 1 radical (unpaired) electrons. The second kappa shape index (κ2) is 14.5. The summed E-state index contributed by atoms with van der Waals surface area (Å²) in [5, 5.41) is 0. The van der Waals surface area contributed by atoms with Crippen LogP contribution in [0.25, 0.3) is 0 Å². The molecule has 0 aromatic carbocycles. The van der Waals surface area contributed by atoms with Gasteiger partial charge in [-0.15, -0.1) is 0 Å². The first-order valence-electron chi connectivity index (χ1n) is 6.97. The molecule has 0 spiro atoms. The van der Waals surface area contributed by atoms with Gasteiger partial charge in [0.05, 0.1) is 0 Å². The van der Waals surface area contributed by atoms with E-state index in [0.29, 0.717) is 0 Å². The van der Waals surface area contributed by atoms with Crippen molar-refractivity contribution < 1.29 is 0 Å². The molecule has 0 amide bonds. The lowest BCUT2D eigenvalue weighted by atomic mass is 10.1. The second-order valence-corrected chi connectivity index (χ2v) is 4.38. The van der Waals surface area contributed by atoms with Crippen molar-refractivity contribution in [2.45, 2.75) is 71.1 Å². The summed E-state index contributed by atoms with van der Waals surface area (Å²) in [6, 6.07) is 0. The smallest absolute Gasteiger partial charge is 0.0351 e. The Morgan fingerprint density at radius 1 is 0.688 bits per heavy atom.